The number of nitrogens with zero attached hydrogens (tertiary/aromatic N) is 2. The second kappa shape index (κ2) is 5.34. The molecule has 0 amide bonds. The molecule has 0 saturated heterocycles. The topological polar surface area (TPSA) is 80.5 Å². The Kier molecular flexibility index (Phi) is 3.60. The highest BCUT2D eigenvalue weighted by atomic mass is 32.2. The highest BCUT2D eigenvalue weighted by Crippen LogP contribution is 2.34. The molecule has 1 heterocycles. The molecule has 0 radical (unpaired) electrons. The fourth-order valence-electron chi connectivity index (χ4n) is 2.83. The Bertz CT molecular complexity index is 906. The molecule has 0 aromatic heterocycles. The molecule has 120 valence electrons. The average molecular weight is 332 g/mol. The number of hydrogen-bond donors (Lipinski definition) is 0. The van der Waals surface area contributed by atoms with Crippen LogP contribution in [0.4, 0.5) is 11.4 Å². The van der Waals surface area contributed by atoms with Crippen molar-refractivity contribution in [1.82, 2.24) is 0 Å². The van der Waals surface area contributed by atoms with E-state index >= 15 is 0 Å². The van der Waals surface area contributed by atoms with Crippen LogP contribution in [0.1, 0.15) is 16.7 Å². The van der Waals surface area contributed by atoms with Gasteiger partial charge in [0.2, 0.25) is 0 Å². The maximum atomic E-state index is 12.9. The lowest BCUT2D eigenvalue weighted by molar-refractivity contribution is -0.385. The van der Waals surface area contributed by atoms with Crippen LogP contribution in [0.15, 0.2) is 41.3 Å². The predicted octanol–water partition coefficient (Wildman–Crippen LogP) is 2.96. The molecule has 7 heteroatoms. The molecular formula is C16H16N2O4S. The molecule has 2 aromatic carbocycles. The monoisotopic (exact) mass is 332 g/mol. The van der Waals surface area contributed by atoms with Crippen LogP contribution in [0.2, 0.25) is 0 Å². The number of para-hydroxylation sites is 1. The minimum Gasteiger partial charge on any atom is -0.266 e. The highest BCUT2D eigenvalue weighted by molar-refractivity contribution is 7.92. The van der Waals surface area contributed by atoms with Gasteiger partial charge in [-0.1, -0.05) is 18.2 Å². The van der Waals surface area contributed by atoms with Gasteiger partial charge in [0.05, 0.1) is 15.5 Å². The van der Waals surface area contributed by atoms with Crippen LogP contribution in [0.5, 0.6) is 0 Å². The first-order valence-electron chi connectivity index (χ1n) is 7.18. The second-order valence-electron chi connectivity index (χ2n) is 5.60. The Morgan fingerprint density at radius 1 is 1.17 bits per heavy atom. The van der Waals surface area contributed by atoms with Crippen LogP contribution >= 0.6 is 0 Å². The lowest BCUT2D eigenvalue weighted by Crippen LogP contribution is -2.29. The van der Waals surface area contributed by atoms with Gasteiger partial charge in [-0.2, -0.15) is 0 Å². The average Bonchev–Trinajstić information content (AvgIpc) is 2.94. The molecule has 1 aliphatic heterocycles. The minimum atomic E-state index is -3.82. The molecule has 0 saturated carbocycles. The van der Waals surface area contributed by atoms with Crippen molar-refractivity contribution in [2.24, 2.45) is 0 Å². The first-order chi connectivity index (χ1) is 10.8. The minimum absolute atomic E-state index is 0.0380. The van der Waals surface area contributed by atoms with Crippen molar-refractivity contribution >= 4 is 21.4 Å². The second-order valence-corrected chi connectivity index (χ2v) is 7.46. The van der Waals surface area contributed by atoms with Gasteiger partial charge < -0.3 is 0 Å². The molecule has 1 aliphatic rings. The Hall–Kier alpha value is -2.41. The third-order valence-corrected chi connectivity index (χ3v) is 6.03. The number of nitro groups is 1. The molecule has 0 aliphatic carbocycles. The maximum Gasteiger partial charge on any atom is 0.273 e. The number of fused-ring (bicyclic) bond motifs is 1. The summed E-state index contributed by atoms with van der Waals surface area (Å²) in [5, 5.41) is 11.2. The van der Waals surface area contributed by atoms with Crippen LogP contribution in [-0.2, 0) is 16.4 Å². The van der Waals surface area contributed by atoms with Gasteiger partial charge in [-0.15, -0.1) is 0 Å². The van der Waals surface area contributed by atoms with Crippen molar-refractivity contribution < 1.29 is 13.3 Å². The van der Waals surface area contributed by atoms with E-state index < -0.39 is 14.9 Å². The van der Waals surface area contributed by atoms with E-state index in [0.29, 0.717) is 29.8 Å². The van der Waals surface area contributed by atoms with Crippen molar-refractivity contribution in [3.8, 4) is 0 Å². The summed E-state index contributed by atoms with van der Waals surface area (Å²) >= 11 is 0. The lowest BCUT2D eigenvalue weighted by Gasteiger charge is -2.20. The smallest absolute Gasteiger partial charge is 0.266 e. The van der Waals surface area contributed by atoms with Gasteiger partial charge >= 0.3 is 0 Å². The van der Waals surface area contributed by atoms with E-state index in [1.807, 2.05) is 12.1 Å². The first-order valence-corrected chi connectivity index (χ1v) is 8.62. The quantitative estimate of drug-likeness (QED) is 0.639. The third-order valence-electron chi connectivity index (χ3n) is 4.24. The summed E-state index contributed by atoms with van der Waals surface area (Å²) in [5.74, 6) is 0. The van der Waals surface area contributed by atoms with Gasteiger partial charge in [0.25, 0.3) is 15.7 Å². The molecular weight excluding hydrogens is 316 g/mol. The summed E-state index contributed by atoms with van der Waals surface area (Å²) in [7, 11) is -3.82. The normalized spacial score (nSPS) is 13.9. The van der Waals surface area contributed by atoms with Crippen LogP contribution < -0.4 is 4.31 Å². The van der Waals surface area contributed by atoms with Gasteiger partial charge in [-0.05, 0) is 43.5 Å². The summed E-state index contributed by atoms with van der Waals surface area (Å²) in [6, 6.07) is 9.96. The molecule has 0 spiro atoms. The molecule has 2 aromatic rings. The molecule has 0 N–H and O–H groups in total. The molecule has 0 fully saturated rings. The standard InChI is InChI=1S/C16H16N2O4S/c1-11-9-14(10-16(12(11)2)18(19)20)23(21,22)17-8-7-13-5-3-4-6-15(13)17/h3-6,9-10H,7-8H2,1-2H3. The Balaban J connectivity index is 2.14. The van der Waals surface area contributed by atoms with Crippen molar-refractivity contribution in [3.05, 3.63) is 63.2 Å². The van der Waals surface area contributed by atoms with Crippen molar-refractivity contribution in [3.63, 3.8) is 0 Å². The van der Waals surface area contributed by atoms with E-state index in [9.17, 15) is 18.5 Å². The summed E-state index contributed by atoms with van der Waals surface area (Å²) in [5.41, 5.74) is 2.51. The third kappa shape index (κ3) is 2.46. The summed E-state index contributed by atoms with van der Waals surface area (Å²) < 4.78 is 27.2. The van der Waals surface area contributed by atoms with Gasteiger partial charge in [0.15, 0.2) is 0 Å². The fourth-order valence-corrected chi connectivity index (χ4v) is 4.44. The largest absolute Gasteiger partial charge is 0.273 e. The van der Waals surface area contributed by atoms with Gasteiger partial charge in [0, 0.05) is 18.2 Å². The number of hydrogen-bond acceptors (Lipinski definition) is 4. The van der Waals surface area contributed by atoms with Gasteiger partial charge in [-0.3, -0.25) is 14.4 Å². The number of sulfonamides is 1. The number of rotatable bonds is 3. The van der Waals surface area contributed by atoms with Crippen LogP contribution in [0, 0.1) is 24.0 Å². The first kappa shape index (κ1) is 15.5. The Morgan fingerprint density at radius 3 is 2.57 bits per heavy atom. The molecule has 23 heavy (non-hydrogen) atoms. The number of aryl methyl sites for hydroxylation is 1. The van der Waals surface area contributed by atoms with Crippen LogP contribution in [0.3, 0.4) is 0 Å². The Labute approximate surface area is 134 Å². The van der Waals surface area contributed by atoms with Gasteiger partial charge in [0.1, 0.15) is 0 Å². The zero-order chi connectivity index (χ0) is 16.8. The van der Waals surface area contributed by atoms with Crippen molar-refractivity contribution in [2.75, 3.05) is 10.8 Å². The van der Waals surface area contributed by atoms with Crippen LogP contribution in [-0.4, -0.2) is 19.9 Å². The summed E-state index contributed by atoms with van der Waals surface area (Å²) in [6.07, 6.45) is 0.641. The maximum absolute atomic E-state index is 12.9. The highest BCUT2D eigenvalue weighted by Gasteiger charge is 2.32. The number of anilines is 1. The molecule has 3 rings (SSSR count). The Morgan fingerprint density at radius 2 is 1.87 bits per heavy atom. The molecule has 0 bridgehead atoms. The molecule has 0 unspecified atom stereocenters. The summed E-state index contributed by atoms with van der Waals surface area (Å²) in [4.78, 5) is 10.6. The van der Waals surface area contributed by atoms with E-state index in [4.69, 9.17) is 0 Å². The SMILES string of the molecule is Cc1cc(S(=O)(=O)N2CCc3ccccc32)cc([N+](=O)[O-])c1C. The van der Waals surface area contributed by atoms with Gasteiger partial charge in [-0.25, -0.2) is 8.42 Å². The number of nitro benzene ring substituents is 1. The molecule has 6 nitrogen and oxygen atoms in total. The van der Waals surface area contributed by atoms with E-state index in [-0.39, 0.29) is 10.6 Å². The van der Waals surface area contributed by atoms with E-state index in [0.717, 1.165) is 11.6 Å². The van der Waals surface area contributed by atoms with Crippen molar-refractivity contribution in [2.45, 2.75) is 25.2 Å². The van der Waals surface area contributed by atoms with E-state index in [1.54, 1.807) is 26.0 Å². The lowest BCUT2D eigenvalue weighted by atomic mass is 10.1. The zero-order valence-electron chi connectivity index (χ0n) is 12.8. The number of benzene rings is 2. The fraction of sp³-hybridized carbons (Fsp3) is 0.250. The van der Waals surface area contributed by atoms with E-state index in [1.165, 1.54) is 10.4 Å². The summed E-state index contributed by atoms with van der Waals surface area (Å²) in [6.45, 7) is 3.65. The predicted molar refractivity (Wildman–Crippen MR) is 87.2 cm³/mol. The van der Waals surface area contributed by atoms with E-state index in [2.05, 4.69) is 0 Å². The van der Waals surface area contributed by atoms with Crippen LogP contribution in [0.25, 0.3) is 0 Å². The zero-order valence-corrected chi connectivity index (χ0v) is 13.6. The molecule has 0 atom stereocenters. The van der Waals surface area contributed by atoms with Crippen molar-refractivity contribution in [1.29, 1.82) is 0 Å².